The van der Waals surface area contributed by atoms with E-state index < -0.39 is 0 Å². The highest BCUT2D eigenvalue weighted by Crippen LogP contribution is 2.16. The number of aromatic nitrogens is 1. The Morgan fingerprint density at radius 2 is 2.32 bits per heavy atom. The first-order valence-electron chi connectivity index (χ1n) is 5.58. The Kier molecular flexibility index (Phi) is 4.68. The fourth-order valence-corrected chi connectivity index (χ4v) is 2.90. The van der Waals surface area contributed by atoms with Crippen molar-refractivity contribution in [3.63, 3.8) is 0 Å². The molecule has 6 heteroatoms. The van der Waals surface area contributed by atoms with E-state index in [1.54, 1.807) is 29.7 Å². The van der Waals surface area contributed by atoms with E-state index in [1.807, 2.05) is 6.92 Å². The number of aliphatic hydroxyl groups excluding tert-OH is 1. The van der Waals surface area contributed by atoms with Crippen LogP contribution in [0.1, 0.15) is 24.4 Å². The number of nitrogens with one attached hydrogen (secondary N) is 1. The molecule has 0 aliphatic rings. The molecule has 1 amide bonds. The molecule has 0 saturated heterocycles. The van der Waals surface area contributed by atoms with Crippen molar-refractivity contribution >= 4 is 28.6 Å². The van der Waals surface area contributed by atoms with Crippen LogP contribution < -0.4 is 5.32 Å². The average molecular weight is 292 g/mol. The molecule has 0 aliphatic carbocycles. The van der Waals surface area contributed by atoms with Crippen LogP contribution in [0.15, 0.2) is 18.3 Å². The van der Waals surface area contributed by atoms with Crippen LogP contribution in [0, 0.1) is 18.8 Å². The minimum absolute atomic E-state index is 0.130. The summed E-state index contributed by atoms with van der Waals surface area (Å²) in [6.07, 6.45) is 1.79. The summed E-state index contributed by atoms with van der Waals surface area (Å²) in [6.45, 7) is 2.24. The number of aryl methyl sites for hydroxylation is 1. The van der Waals surface area contributed by atoms with E-state index in [9.17, 15) is 4.79 Å². The first-order chi connectivity index (χ1) is 9.19. The number of nitrogens with zero attached hydrogens (tertiary/aromatic N) is 1. The highest BCUT2D eigenvalue weighted by atomic mass is 32.1. The number of rotatable bonds is 3. The van der Waals surface area contributed by atoms with Crippen LogP contribution in [0.5, 0.6) is 0 Å². The van der Waals surface area contributed by atoms with Crippen molar-refractivity contribution in [2.24, 2.45) is 0 Å². The van der Waals surface area contributed by atoms with Gasteiger partial charge >= 0.3 is 0 Å². The van der Waals surface area contributed by atoms with Gasteiger partial charge in [-0.15, -0.1) is 22.7 Å². The number of carbonyl (C=O) groups is 1. The summed E-state index contributed by atoms with van der Waals surface area (Å²) in [4.78, 5) is 18.6. The predicted molar refractivity (Wildman–Crippen MR) is 76.3 cm³/mol. The molecule has 2 rings (SSSR count). The summed E-state index contributed by atoms with van der Waals surface area (Å²) >= 11 is 2.88. The molecule has 0 aromatic carbocycles. The molecule has 0 bridgehead atoms. The van der Waals surface area contributed by atoms with Gasteiger partial charge in [0.1, 0.15) is 11.6 Å². The van der Waals surface area contributed by atoms with E-state index in [0.29, 0.717) is 11.4 Å². The molecule has 4 nitrogen and oxygen atoms in total. The lowest BCUT2D eigenvalue weighted by molar-refractivity contribution is 0.0955. The van der Waals surface area contributed by atoms with Crippen molar-refractivity contribution in [3.05, 3.63) is 38.0 Å². The Morgan fingerprint density at radius 3 is 3.00 bits per heavy atom. The van der Waals surface area contributed by atoms with E-state index in [2.05, 4.69) is 22.1 Å². The van der Waals surface area contributed by atoms with E-state index in [1.165, 1.54) is 11.3 Å². The van der Waals surface area contributed by atoms with Crippen molar-refractivity contribution < 1.29 is 9.90 Å². The van der Waals surface area contributed by atoms with Gasteiger partial charge in [-0.3, -0.25) is 4.79 Å². The topological polar surface area (TPSA) is 62.2 Å². The van der Waals surface area contributed by atoms with Gasteiger partial charge in [-0.05, 0) is 19.1 Å². The van der Waals surface area contributed by atoms with Crippen LogP contribution in [0.4, 0.5) is 0 Å². The molecule has 19 heavy (non-hydrogen) atoms. The van der Waals surface area contributed by atoms with Gasteiger partial charge < -0.3 is 10.4 Å². The number of carbonyl (C=O) groups excluding carboxylic acids is 1. The lowest BCUT2D eigenvalue weighted by Gasteiger charge is -1.99. The number of hydrogen-bond acceptors (Lipinski definition) is 5. The Balaban J connectivity index is 1.94. The maximum atomic E-state index is 11.9. The maximum Gasteiger partial charge on any atom is 0.261 e. The molecular formula is C13H12N2O2S2. The molecule has 2 N–H and O–H groups in total. The molecular weight excluding hydrogens is 280 g/mol. The van der Waals surface area contributed by atoms with Crippen molar-refractivity contribution in [1.82, 2.24) is 10.3 Å². The van der Waals surface area contributed by atoms with Gasteiger partial charge in [0.15, 0.2) is 0 Å². The number of hydrogen-bond donors (Lipinski definition) is 2. The van der Waals surface area contributed by atoms with Gasteiger partial charge in [0.05, 0.1) is 16.3 Å². The van der Waals surface area contributed by atoms with Crippen molar-refractivity contribution in [2.45, 2.75) is 13.5 Å². The van der Waals surface area contributed by atoms with Crippen LogP contribution in [-0.2, 0) is 6.54 Å². The first-order valence-corrected chi connectivity index (χ1v) is 7.21. The zero-order valence-corrected chi connectivity index (χ0v) is 11.9. The Morgan fingerprint density at radius 1 is 1.47 bits per heavy atom. The van der Waals surface area contributed by atoms with Crippen molar-refractivity contribution in [3.8, 4) is 11.8 Å². The Labute approximate surface area is 119 Å². The van der Waals surface area contributed by atoms with Crippen molar-refractivity contribution in [1.29, 1.82) is 0 Å². The fourth-order valence-electron chi connectivity index (χ4n) is 1.38. The van der Waals surface area contributed by atoms with E-state index in [-0.39, 0.29) is 12.5 Å². The fraction of sp³-hybridized carbons (Fsp3) is 0.231. The lowest BCUT2D eigenvalue weighted by atomic mass is 10.4. The third kappa shape index (κ3) is 3.89. The van der Waals surface area contributed by atoms with Gasteiger partial charge in [0, 0.05) is 11.1 Å². The van der Waals surface area contributed by atoms with Gasteiger partial charge in [-0.1, -0.05) is 11.8 Å². The van der Waals surface area contributed by atoms with E-state index >= 15 is 0 Å². The summed E-state index contributed by atoms with van der Waals surface area (Å²) < 4.78 is 0. The minimum Gasteiger partial charge on any atom is -0.384 e. The predicted octanol–water partition coefficient (Wildman–Crippen LogP) is 1.79. The van der Waals surface area contributed by atoms with Crippen LogP contribution in [-0.4, -0.2) is 22.6 Å². The second-order valence-electron chi connectivity index (χ2n) is 3.67. The quantitative estimate of drug-likeness (QED) is 0.848. The molecule has 2 aromatic heterocycles. The highest BCUT2D eigenvalue weighted by Gasteiger charge is 2.09. The summed E-state index contributed by atoms with van der Waals surface area (Å²) in [7, 11) is 0. The third-order valence-electron chi connectivity index (χ3n) is 2.19. The molecule has 98 valence electrons. The third-order valence-corrected chi connectivity index (χ3v) is 4.10. The monoisotopic (exact) mass is 292 g/mol. The average Bonchev–Trinajstić information content (AvgIpc) is 3.02. The van der Waals surface area contributed by atoms with Crippen LogP contribution >= 0.6 is 22.7 Å². The van der Waals surface area contributed by atoms with Crippen molar-refractivity contribution in [2.75, 3.05) is 6.61 Å². The molecule has 0 saturated carbocycles. The lowest BCUT2D eigenvalue weighted by Crippen LogP contribution is -2.21. The Hall–Kier alpha value is -1.68. The normalized spacial score (nSPS) is 9.79. The second kappa shape index (κ2) is 6.48. The molecule has 0 fully saturated rings. The van der Waals surface area contributed by atoms with Gasteiger partial charge in [0.2, 0.25) is 0 Å². The molecule has 0 radical (unpaired) electrons. The molecule has 0 aliphatic heterocycles. The van der Waals surface area contributed by atoms with Crippen LogP contribution in [0.2, 0.25) is 0 Å². The SMILES string of the molecule is Cc1cnc(CNC(=O)c2ccc(C#CCO)s2)s1. The van der Waals surface area contributed by atoms with Gasteiger partial charge in [0.25, 0.3) is 5.91 Å². The van der Waals surface area contributed by atoms with Gasteiger partial charge in [-0.2, -0.15) is 0 Å². The first kappa shape index (κ1) is 13.7. The highest BCUT2D eigenvalue weighted by molar-refractivity contribution is 7.14. The summed E-state index contributed by atoms with van der Waals surface area (Å²) in [5, 5.41) is 12.3. The molecule has 0 unspecified atom stereocenters. The molecule has 0 spiro atoms. The molecule has 0 atom stereocenters. The standard InChI is InChI=1S/C13H12N2O2S2/c1-9-7-14-12(18-9)8-15-13(17)11-5-4-10(19-11)3-2-6-16/h4-5,7,16H,6,8H2,1H3,(H,15,17). The van der Waals surface area contributed by atoms with E-state index in [0.717, 1.165) is 14.8 Å². The second-order valence-corrected chi connectivity index (χ2v) is 6.07. The Bertz CT molecular complexity index is 634. The summed E-state index contributed by atoms with van der Waals surface area (Å²) in [6, 6.07) is 3.50. The maximum absolute atomic E-state index is 11.9. The van der Waals surface area contributed by atoms with Gasteiger partial charge in [-0.25, -0.2) is 4.98 Å². The number of amides is 1. The summed E-state index contributed by atoms with van der Waals surface area (Å²) in [5.74, 6) is 5.20. The summed E-state index contributed by atoms with van der Waals surface area (Å²) in [5.41, 5.74) is 0. The zero-order chi connectivity index (χ0) is 13.7. The minimum atomic E-state index is -0.178. The van der Waals surface area contributed by atoms with Crippen LogP contribution in [0.3, 0.4) is 0 Å². The largest absolute Gasteiger partial charge is 0.384 e. The number of aliphatic hydroxyl groups is 1. The smallest absolute Gasteiger partial charge is 0.261 e. The molecule has 2 aromatic rings. The number of thiazole rings is 1. The molecule has 2 heterocycles. The number of thiophene rings is 1. The van der Waals surface area contributed by atoms with E-state index in [4.69, 9.17) is 5.11 Å². The zero-order valence-electron chi connectivity index (χ0n) is 10.3. The van der Waals surface area contributed by atoms with Crippen LogP contribution in [0.25, 0.3) is 0 Å².